The number of likely N-dealkylation sites (tertiary alicyclic amines) is 1. The Morgan fingerprint density at radius 3 is 2.06 bits per heavy atom. The van der Waals surface area contributed by atoms with E-state index < -0.39 is 0 Å². The summed E-state index contributed by atoms with van der Waals surface area (Å²) in [6.07, 6.45) is 7.23. The van der Waals surface area contributed by atoms with Crippen molar-refractivity contribution in [1.82, 2.24) is 4.90 Å². The van der Waals surface area contributed by atoms with Crippen molar-refractivity contribution in [3.63, 3.8) is 0 Å². The van der Waals surface area contributed by atoms with E-state index in [4.69, 9.17) is 15.2 Å². The summed E-state index contributed by atoms with van der Waals surface area (Å²) in [6.45, 7) is 2.69. The molecule has 4 nitrogen and oxygen atoms in total. The Morgan fingerprint density at radius 1 is 1.06 bits per heavy atom. The summed E-state index contributed by atoms with van der Waals surface area (Å²) >= 11 is 0. The topological polar surface area (TPSA) is 47.7 Å². The zero-order valence-electron chi connectivity index (χ0n) is 11.8. The molecule has 0 aromatic carbocycles. The largest absolute Gasteiger partial charge is 0.377 e. The van der Waals surface area contributed by atoms with Crippen LogP contribution in [0.1, 0.15) is 32.1 Å². The van der Waals surface area contributed by atoms with Crippen LogP contribution >= 0.6 is 0 Å². The molecule has 4 heteroatoms. The summed E-state index contributed by atoms with van der Waals surface area (Å²) in [4.78, 5) is 2.50. The minimum absolute atomic E-state index is 0.202. The second-order valence-corrected chi connectivity index (χ2v) is 5.70. The Kier molecular flexibility index (Phi) is 5.42. The lowest BCUT2D eigenvalue weighted by Gasteiger charge is -2.35. The fraction of sp³-hybridized carbons (Fsp3) is 1.00. The molecule has 2 fully saturated rings. The van der Waals surface area contributed by atoms with Crippen LogP contribution in [0, 0.1) is 5.92 Å². The van der Waals surface area contributed by atoms with Gasteiger partial charge in [0, 0.05) is 39.9 Å². The van der Waals surface area contributed by atoms with E-state index in [-0.39, 0.29) is 12.2 Å². The minimum Gasteiger partial charge on any atom is -0.377 e. The maximum Gasteiger partial charge on any atom is 0.0971 e. The van der Waals surface area contributed by atoms with Gasteiger partial charge in [0.15, 0.2) is 0 Å². The van der Waals surface area contributed by atoms with Crippen LogP contribution in [-0.2, 0) is 9.47 Å². The Hall–Kier alpha value is -0.160. The molecule has 2 N–H and O–H groups in total. The summed E-state index contributed by atoms with van der Waals surface area (Å²) in [7, 11) is 3.55. The molecular formula is C14H28N2O2. The van der Waals surface area contributed by atoms with E-state index in [0.717, 1.165) is 25.6 Å². The highest BCUT2D eigenvalue weighted by molar-refractivity contribution is 4.92. The molecule has 1 saturated carbocycles. The highest BCUT2D eigenvalue weighted by Crippen LogP contribution is 2.31. The zero-order chi connectivity index (χ0) is 13.0. The van der Waals surface area contributed by atoms with Gasteiger partial charge in [-0.1, -0.05) is 19.3 Å². The zero-order valence-corrected chi connectivity index (χ0v) is 11.8. The molecule has 1 saturated heterocycles. The van der Waals surface area contributed by atoms with E-state index in [1.54, 1.807) is 14.2 Å². The maximum absolute atomic E-state index is 6.03. The van der Waals surface area contributed by atoms with Gasteiger partial charge in [-0.15, -0.1) is 0 Å². The lowest BCUT2D eigenvalue weighted by Crippen LogP contribution is -2.45. The SMILES string of the molecule is COC1CN(C(CN)C2CCCCC2)CC1OC. The molecule has 3 unspecified atom stereocenters. The Balaban J connectivity index is 1.95. The highest BCUT2D eigenvalue weighted by Gasteiger charge is 2.38. The number of nitrogens with two attached hydrogens (primary N) is 1. The van der Waals surface area contributed by atoms with Gasteiger partial charge in [-0.25, -0.2) is 0 Å². The van der Waals surface area contributed by atoms with Crippen molar-refractivity contribution in [1.29, 1.82) is 0 Å². The van der Waals surface area contributed by atoms with E-state index in [2.05, 4.69) is 4.90 Å². The van der Waals surface area contributed by atoms with Crippen LogP contribution in [-0.4, -0.2) is 57.0 Å². The first-order valence-corrected chi connectivity index (χ1v) is 7.29. The molecule has 0 radical (unpaired) electrons. The van der Waals surface area contributed by atoms with Crippen molar-refractivity contribution in [2.45, 2.75) is 50.4 Å². The van der Waals surface area contributed by atoms with Gasteiger partial charge < -0.3 is 15.2 Å². The minimum atomic E-state index is 0.202. The number of rotatable bonds is 5. The number of hydrogen-bond donors (Lipinski definition) is 1. The van der Waals surface area contributed by atoms with Crippen LogP contribution in [0.3, 0.4) is 0 Å². The lowest BCUT2D eigenvalue weighted by molar-refractivity contribution is -0.00461. The fourth-order valence-electron chi connectivity index (χ4n) is 3.65. The van der Waals surface area contributed by atoms with Crippen LogP contribution in [0.4, 0.5) is 0 Å². The van der Waals surface area contributed by atoms with Gasteiger partial charge in [0.2, 0.25) is 0 Å². The second-order valence-electron chi connectivity index (χ2n) is 5.70. The van der Waals surface area contributed by atoms with Gasteiger partial charge in [-0.3, -0.25) is 4.90 Å². The van der Waals surface area contributed by atoms with Crippen molar-refractivity contribution < 1.29 is 9.47 Å². The van der Waals surface area contributed by atoms with E-state index in [0.29, 0.717) is 6.04 Å². The molecule has 0 bridgehead atoms. The molecule has 18 heavy (non-hydrogen) atoms. The highest BCUT2D eigenvalue weighted by atomic mass is 16.5. The molecular weight excluding hydrogens is 228 g/mol. The third kappa shape index (κ3) is 3.05. The first kappa shape index (κ1) is 14.3. The van der Waals surface area contributed by atoms with Gasteiger partial charge in [-0.2, -0.15) is 0 Å². The summed E-state index contributed by atoms with van der Waals surface area (Å²) in [5.74, 6) is 0.775. The predicted octanol–water partition coefficient (Wildman–Crippen LogP) is 1.24. The van der Waals surface area contributed by atoms with Crippen LogP contribution in [0.5, 0.6) is 0 Å². The molecule has 0 spiro atoms. The summed E-state index contributed by atoms with van der Waals surface area (Å²) in [5.41, 5.74) is 6.03. The van der Waals surface area contributed by atoms with Crippen molar-refractivity contribution >= 4 is 0 Å². The van der Waals surface area contributed by atoms with Gasteiger partial charge in [0.1, 0.15) is 0 Å². The maximum atomic E-state index is 6.03. The molecule has 0 aromatic heterocycles. The summed E-state index contributed by atoms with van der Waals surface area (Å²) in [5, 5.41) is 0. The number of hydrogen-bond acceptors (Lipinski definition) is 4. The molecule has 3 atom stereocenters. The number of methoxy groups -OCH3 is 2. The molecule has 1 aliphatic carbocycles. The van der Waals surface area contributed by atoms with E-state index in [1.807, 2.05) is 0 Å². The molecule has 0 aromatic rings. The van der Waals surface area contributed by atoms with Gasteiger partial charge in [0.25, 0.3) is 0 Å². The summed E-state index contributed by atoms with van der Waals surface area (Å²) < 4.78 is 11.0. The fourth-order valence-corrected chi connectivity index (χ4v) is 3.65. The smallest absolute Gasteiger partial charge is 0.0971 e. The quantitative estimate of drug-likeness (QED) is 0.804. The lowest BCUT2D eigenvalue weighted by atomic mass is 9.83. The third-order valence-corrected chi connectivity index (χ3v) is 4.75. The predicted molar refractivity (Wildman–Crippen MR) is 72.6 cm³/mol. The van der Waals surface area contributed by atoms with E-state index >= 15 is 0 Å². The Bertz CT molecular complexity index is 232. The first-order chi connectivity index (χ1) is 8.80. The van der Waals surface area contributed by atoms with Crippen LogP contribution < -0.4 is 5.73 Å². The van der Waals surface area contributed by atoms with Crippen LogP contribution in [0.25, 0.3) is 0 Å². The van der Waals surface area contributed by atoms with E-state index in [1.165, 1.54) is 32.1 Å². The Morgan fingerprint density at radius 2 is 1.61 bits per heavy atom. The molecule has 2 rings (SSSR count). The second kappa shape index (κ2) is 6.85. The van der Waals surface area contributed by atoms with Gasteiger partial charge >= 0.3 is 0 Å². The monoisotopic (exact) mass is 256 g/mol. The van der Waals surface area contributed by atoms with Gasteiger partial charge in [-0.05, 0) is 18.8 Å². The first-order valence-electron chi connectivity index (χ1n) is 7.29. The van der Waals surface area contributed by atoms with Crippen molar-refractivity contribution in [2.75, 3.05) is 33.9 Å². The Labute approximate surface area is 111 Å². The van der Waals surface area contributed by atoms with E-state index in [9.17, 15) is 0 Å². The average molecular weight is 256 g/mol. The standard InChI is InChI=1S/C14H28N2O2/c1-17-13-9-16(10-14(13)18-2)12(8-15)11-6-4-3-5-7-11/h11-14H,3-10,15H2,1-2H3. The van der Waals surface area contributed by atoms with Crippen molar-refractivity contribution in [2.24, 2.45) is 11.7 Å². The number of ether oxygens (including phenoxy) is 2. The van der Waals surface area contributed by atoms with Crippen LogP contribution in [0.15, 0.2) is 0 Å². The molecule has 1 heterocycles. The average Bonchev–Trinajstić information content (AvgIpc) is 2.84. The van der Waals surface area contributed by atoms with Gasteiger partial charge in [0.05, 0.1) is 12.2 Å². The molecule has 106 valence electrons. The third-order valence-electron chi connectivity index (χ3n) is 4.75. The van der Waals surface area contributed by atoms with Crippen molar-refractivity contribution in [3.8, 4) is 0 Å². The van der Waals surface area contributed by atoms with Crippen molar-refractivity contribution in [3.05, 3.63) is 0 Å². The normalized spacial score (nSPS) is 32.8. The molecule has 0 amide bonds. The number of nitrogens with zero attached hydrogens (tertiary/aromatic N) is 1. The van der Waals surface area contributed by atoms with Crippen LogP contribution in [0.2, 0.25) is 0 Å². The molecule has 1 aliphatic heterocycles. The molecule has 2 aliphatic rings. The summed E-state index contributed by atoms with van der Waals surface area (Å²) in [6, 6.07) is 0.517.